The minimum absolute atomic E-state index is 0.0540. The number of carboxylic acid groups (broad SMARTS) is 1. The van der Waals surface area contributed by atoms with E-state index in [1.807, 2.05) is 0 Å². The highest BCUT2D eigenvalue weighted by atomic mass is 32.2. The molecule has 0 radical (unpaired) electrons. The molecule has 1 aromatic rings. The minimum Gasteiger partial charge on any atom is -0.478 e. The lowest BCUT2D eigenvalue weighted by molar-refractivity contribution is -0.120. The van der Waals surface area contributed by atoms with Crippen molar-refractivity contribution < 1.29 is 23.1 Å². The molecule has 21 heavy (non-hydrogen) atoms. The summed E-state index contributed by atoms with van der Waals surface area (Å²) in [5.74, 6) is -1.79. The molecule has 1 atom stereocenters. The first kappa shape index (κ1) is 17.2. The summed E-state index contributed by atoms with van der Waals surface area (Å²) in [6.45, 7) is 5.09. The van der Waals surface area contributed by atoms with Crippen molar-refractivity contribution in [2.75, 3.05) is 6.54 Å². The summed E-state index contributed by atoms with van der Waals surface area (Å²) in [5, 5.41) is 10.3. The van der Waals surface area contributed by atoms with Crippen LogP contribution in [0.3, 0.4) is 0 Å². The molecule has 1 amide bonds. The number of sulfone groups is 1. The maximum absolute atomic E-state index is 12.4. The second-order valence-electron chi connectivity index (χ2n) is 4.56. The van der Waals surface area contributed by atoms with Crippen LogP contribution < -0.4 is 5.32 Å². The third kappa shape index (κ3) is 3.60. The van der Waals surface area contributed by atoms with E-state index in [0.717, 1.165) is 6.07 Å². The fourth-order valence-corrected chi connectivity index (χ4v) is 3.22. The van der Waals surface area contributed by atoms with Crippen molar-refractivity contribution in [1.82, 2.24) is 5.32 Å². The predicted octanol–water partition coefficient (Wildman–Crippen LogP) is 1.25. The molecule has 0 heterocycles. The van der Waals surface area contributed by atoms with Crippen molar-refractivity contribution in [1.29, 1.82) is 0 Å². The van der Waals surface area contributed by atoms with Crippen LogP contribution in [0.5, 0.6) is 0 Å². The van der Waals surface area contributed by atoms with Gasteiger partial charge in [0, 0.05) is 6.54 Å². The predicted molar refractivity (Wildman–Crippen MR) is 78.1 cm³/mol. The van der Waals surface area contributed by atoms with E-state index >= 15 is 0 Å². The summed E-state index contributed by atoms with van der Waals surface area (Å²) in [4.78, 5) is 22.7. The van der Waals surface area contributed by atoms with Gasteiger partial charge in [-0.2, -0.15) is 0 Å². The zero-order valence-electron chi connectivity index (χ0n) is 12.2. The number of benzene rings is 1. The molecule has 0 aliphatic heterocycles. The van der Waals surface area contributed by atoms with E-state index in [0.29, 0.717) is 18.5 Å². The third-order valence-electron chi connectivity index (χ3n) is 3.21. The first-order valence-electron chi connectivity index (χ1n) is 6.63. The Bertz CT molecular complexity index is 651. The number of nitrogens with one attached hydrogen (secondary N) is 1. The fraction of sp³-hybridized carbons (Fsp3) is 0.429. The van der Waals surface area contributed by atoms with Gasteiger partial charge in [0.05, 0.1) is 10.5 Å². The van der Waals surface area contributed by atoms with E-state index in [4.69, 9.17) is 5.11 Å². The number of rotatable bonds is 6. The Hall–Kier alpha value is -1.89. The molecule has 2 N–H and O–H groups in total. The molecule has 1 unspecified atom stereocenters. The average molecular weight is 313 g/mol. The van der Waals surface area contributed by atoms with Crippen LogP contribution in [-0.4, -0.2) is 37.2 Å². The Morgan fingerprint density at radius 3 is 2.38 bits per heavy atom. The van der Waals surface area contributed by atoms with Gasteiger partial charge in [0.25, 0.3) is 0 Å². The quantitative estimate of drug-likeness (QED) is 0.823. The van der Waals surface area contributed by atoms with Crippen LogP contribution in [0.1, 0.15) is 36.7 Å². The summed E-state index contributed by atoms with van der Waals surface area (Å²) >= 11 is 0. The zero-order valence-corrected chi connectivity index (χ0v) is 13.0. The number of carboxylic acids is 1. The summed E-state index contributed by atoms with van der Waals surface area (Å²) in [5.41, 5.74) is 0.494. The lowest BCUT2D eigenvalue weighted by atomic mass is 10.1. The number of carbonyl (C=O) groups excluding carboxylic acids is 1. The summed E-state index contributed by atoms with van der Waals surface area (Å²) in [6.07, 6.45) is 0.480. The molecule has 0 aliphatic carbocycles. The van der Waals surface area contributed by atoms with Gasteiger partial charge in [-0.3, -0.25) is 4.79 Å². The number of amides is 1. The van der Waals surface area contributed by atoms with Crippen molar-refractivity contribution in [2.45, 2.75) is 37.3 Å². The van der Waals surface area contributed by atoms with E-state index in [1.54, 1.807) is 13.8 Å². The maximum Gasteiger partial charge on any atom is 0.336 e. The third-order valence-corrected chi connectivity index (χ3v) is 5.26. The van der Waals surface area contributed by atoms with Gasteiger partial charge in [-0.15, -0.1) is 0 Å². The van der Waals surface area contributed by atoms with Gasteiger partial charge in [0.2, 0.25) is 5.91 Å². The van der Waals surface area contributed by atoms with Crippen LogP contribution in [0.15, 0.2) is 23.1 Å². The largest absolute Gasteiger partial charge is 0.478 e. The highest BCUT2D eigenvalue weighted by molar-refractivity contribution is 7.92. The first-order chi connectivity index (χ1) is 9.75. The lowest BCUT2D eigenvalue weighted by Crippen LogP contribution is -2.37. The van der Waals surface area contributed by atoms with Crippen LogP contribution in [0, 0.1) is 0 Å². The molecule has 1 aromatic carbocycles. The number of aryl methyl sites for hydroxylation is 1. The Morgan fingerprint density at radius 1 is 1.29 bits per heavy atom. The molecule has 0 saturated carbocycles. The number of carbonyl (C=O) groups is 2. The second-order valence-corrected chi connectivity index (χ2v) is 6.83. The van der Waals surface area contributed by atoms with Crippen molar-refractivity contribution in [3.05, 3.63) is 29.3 Å². The zero-order chi connectivity index (χ0) is 16.2. The summed E-state index contributed by atoms with van der Waals surface area (Å²) in [7, 11) is -3.92. The molecule has 0 fully saturated rings. The lowest BCUT2D eigenvalue weighted by Gasteiger charge is -2.14. The van der Waals surface area contributed by atoms with Crippen LogP contribution in [0.2, 0.25) is 0 Å². The number of hydrogen-bond donors (Lipinski definition) is 2. The number of aromatic carboxylic acids is 1. The molecular weight excluding hydrogens is 294 g/mol. The van der Waals surface area contributed by atoms with E-state index in [-0.39, 0.29) is 10.5 Å². The Kier molecular flexibility index (Phi) is 5.48. The van der Waals surface area contributed by atoms with Gasteiger partial charge < -0.3 is 10.4 Å². The minimum atomic E-state index is -3.92. The molecule has 0 aromatic heterocycles. The van der Waals surface area contributed by atoms with E-state index in [9.17, 15) is 18.0 Å². The van der Waals surface area contributed by atoms with Crippen LogP contribution in [-0.2, 0) is 21.1 Å². The standard InChI is InChI=1S/C14H19NO5S/c1-4-10-6-7-11(8-12(10)14(17)18)21(19,20)9(3)13(16)15-5-2/h6-9H,4-5H2,1-3H3,(H,15,16)(H,17,18). The van der Waals surface area contributed by atoms with Crippen molar-refractivity contribution >= 4 is 21.7 Å². The van der Waals surface area contributed by atoms with Crippen molar-refractivity contribution in [2.24, 2.45) is 0 Å². The van der Waals surface area contributed by atoms with Crippen molar-refractivity contribution in [3.8, 4) is 0 Å². The topological polar surface area (TPSA) is 101 Å². The smallest absolute Gasteiger partial charge is 0.336 e. The maximum atomic E-state index is 12.4. The summed E-state index contributed by atoms with van der Waals surface area (Å²) in [6, 6.07) is 3.93. The molecule has 7 heteroatoms. The number of hydrogen-bond acceptors (Lipinski definition) is 4. The van der Waals surface area contributed by atoms with Gasteiger partial charge in [0.1, 0.15) is 5.25 Å². The summed E-state index contributed by atoms with van der Waals surface area (Å²) < 4.78 is 24.7. The molecule has 0 spiro atoms. The van der Waals surface area contributed by atoms with Crippen LogP contribution in [0.25, 0.3) is 0 Å². The molecule has 1 rings (SSSR count). The Morgan fingerprint density at radius 2 is 1.90 bits per heavy atom. The SMILES string of the molecule is CCNC(=O)C(C)S(=O)(=O)c1ccc(CC)c(C(=O)O)c1. The Balaban J connectivity index is 3.29. The van der Waals surface area contributed by atoms with E-state index < -0.39 is 27.0 Å². The monoisotopic (exact) mass is 313 g/mol. The highest BCUT2D eigenvalue weighted by Crippen LogP contribution is 2.21. The normalized spacial score (nSPS) is 12.7. The molecule has 116 valence electrons. The second kappa shape index (κ2) is 6.71. The van der Waals surface area contributed by atoms with E-state index in [2.05, 4.69) is 5.32 Å². The fourth-order valence-electron chi connectivity index (χ4n) is 1.90. The van der Waals surface area contributed by atoms with Crippen LogP contribution in [0.4, 0.5) is 0 Å². The molecule has 0 aliphatic rings. The molecular formula is C14H19NO5S. The molecule has 0 saturated heterocycles. The van der Waals surface area contributed by atoms with Gasteiger partial charge in [-0.1, -0.05) is 13.0 Å². The van der Waals surface area contributed by atoms with E-state index in [1.165, 1.54) is 19.1 Å². The molecule has 0 bridgehead atoms. The Labute approximate surface area is 124 Å². The van der Waals surface area contributed by atoms with Gasteiger partial charge >= 0.3 is 5.97 Å². The van der Waals surface area contributed by atoms with Gasteiger partial charge in [0.15, 0.2) is 9.84 Å². The van der Waals surface area contributed by atoms with Crippen LogP contribution >= 0.6 is 0 Å². The van der Waals surface area contributed by atoms with Gasteiger partial charge in [-0.25, -0.2) is 13.2 Å². The van der Waals surface area contributed by atoms with Crippen molar-refractivity contribution in [3.63, 3.8) is 0 Å². The van der Waals surface area contributed by atoms with Gasteiger partial charge in [-0.05, 0) is 38.0 Å². The highest BCUT2D eigenvalue weighted by Gasteiger charge is 2.30. The average Bonchev–Trinajstić information content (AvgIpc) is 2.45. The first-order valence-corrected chi connectivity index (χ1v) is 8.18. The molecule has 6 nitrogen and oxygen atoms in total.